The molecule has 4 saturated carbocycles. The molecule has 198 valence electrons. The van der Waals surface area contributed by atoms with Gasteiger partial charge in [0, 0.05) is 11.4 Å². The number of hydrogen-bond donors (Lipinski definition) is 2. The summed E-state index contributed by atoms with van der Waals surface area (Å²) in [6.07, 6.45) is 8.34. The first-order valence-electron chi connectivity index (χ1n) is 13.9. The van der Waals surface area contributed by atoms with Crippen LogP contribution in [0.4, 0.5) is 5.69 Å². The van der Waals surface area contributed by atoms with Crippen LogP contribution in [0.2, 0.25) is 0 Å². The van der Waals surface area contributed by atoms with Crippen LogP contribution >= 0.6 is 11.8 Å². The van der Waals surface area contributed by atoms with Gasteiger partial charge in [-0.05, 0) is 104 Å². The van der Waals surface area contributed by atoms with Gasteiger partial charge in [0.2, 0.25) is 5.91 Å². The lowest BCUT2D eigenvalue weighted by molar-refractivity contribution is -0.113. The molecule has 39 heavy (non-hydrogen) atoms. The zero-order valence-corrected chi connectivity index (χ0v) is 22.6. The Morgan fingerprint density at radius 2 is 1.51 bits per heavy atom. The number of aromatic hydroxyl groups is 1. The van der Waals surface area contributed by atoms with Crippen molar-refractivity contribution in [2.45, 2.75) is 49.1 Å². The Morgan fingerprint density at radius 3 is 2.18 bits per heavy atom. The van der Waals surface area contributed by atoms with Gasteiger partial charge in [0.1, 0.15) is 5.75 Å². The molecule has 0 saturated heterocycles. The highest BCUT2D eigenvalue weighted by Gasteiger charge is 2.51. The molecule has 4 fully saturated rings. The number of para-hydroxylation sites is 2. The normalized spacial score (nSPS) is 25.1. The Kier molecular flexibility index (Phi) is 6.19. The first-order valence-corrected chi connectivity index (χ1v) is 14.9. The standard InChI is InChI=1S/C32H32N4O2S/c37-28-9-5-4-8-27(28)30-34-35-31(36(30)26-6-2-1-3-7-26)39-20-29(38)33-25-12-10-24(11-13-25)32-17-21-14-22(18-32)16-23(15-21)19-32/h1-13,21-23,37H,14-20H2,(H,33,38). The van der Waals surface area contributed by atoms with Crippen LogP contribution < -0.4 is 5.32 Å². The van der Waals surface area contributed by atoms with Crippen LogP contribution in [0.15, 0.2) is 84.0 Å². The van der Waals surface area contributed by atoms with Crippen molar-refractivity contribution in [3.8, 4) is 22.8 Å². The molecule has 0 aliphatic heterocycles. The zero-order valence-electron chi connectivity index (χ0n) is 21.8. The van der Waals surface area contributed by atoms with Crippen LogP contribution in [0.5, 0.6) is 5.75 Å². The third kappa shape index (κ3) is 4.63. The average Bonchev–Trinajstić information content (AvgIpc) is 3.36. The number of carbonyl (C=O) groups excluding carboxylic acids is 1. The fraction of sp³-hybridized carbons (Fsp3) is 0.344. The Bertz CT molecular complexity index is 1460. The van der Waals surface area contributed by atoms with Gasteiger partial charge in [-0.25, -0.2) is 0 Å². The van der Waals surface area contributed by atoms with Gasteiger partial charge in [-0.1, -0.05) is 54.2 Å². The Labute approximate surface area is 232 Å². The summed E-state index contributed by atoms with van der Waals surface area (Å²) in [5, 5.41) is 22.8. The molecule has 1 aromatic heterocycles. The molecule has 4 aliphatic rings. The fourth-order valence-electron chi connectivity index (χ4n) is 7.71. The van der Waals surface area contributed by atoms with Crippen molar-refractivity contribution >= 4 is 23.4 Å². The minimum atomic E-state index is -0.0886. The average molecular weight is 537 g/mol. The number of aromatic nitrogens is 3. The number of amides is 1. The van der Waals surface area contributed by atoms with Crippen LogP contribution in [-0.4, -0.2) is 31.5 Å². The molecule has 0 unspecified atom stereocenters. The lowest BCUT2D eigenvalue weighted by atomic mass is 9.48. The van der Waals surface area contributed by atoms with Crippen molar-refractivity contribution in [2.24, 2.45) is 17.8 Å². The second-order valence-electron chi connectivity index (χ2n) is 11.6. The summed E-state index contributed by atoms with van der Waals surface area (Å²) >= 11 is 1.33. The number of benzene rings is 3. The molecule has 4 bridgehead atoms. The largest absolute Gasteiger partial charge is 0.507 e. The van der Waals surface area contributed by atoms with E-state index in [4.69, 9.17) is 0 Å². The minimum absolute atomic E-state index is 0.0886. The summed E-state index contributed by atoms with van der Waals surface area (Å²) in [7, 11) is 0. The van der Waals surface area contributed by atoms with Crippen molar-refractivity contribution in [3.63, 3.8) is 0 Å². The van der Waals surface area contributed by atoms with E-state index >= 15 is 0 Å². The highest BCUT2D eigenvalue weighted by atomic mass is 32.2. The summed E-state index contributed by atoms with van der Waals surface area (Å²) in [5.41, 5.74) is 4.10. The van der Waals surface area contributed by atoms with E-state index < -0.39 is 0 Å². The second kappa shape index (κ2) is 9.87. The number of nitrogens with zero attached hydrogens (tertiary/aromatic N) is 3. The smallest absolute Gasteiger partial charge is 0.234 e. The van der Waals surface area contributed by atoms with Gasteiger partial charge in [-0.3, -0.25) is 9.36 Å². The van der Waals surface area contributed by atoms with E-state index in [9.17, 15) is 9.90 Å². The molecule has 0 radical (unpaired) electrons. The van der Waals surface area contributed by atoms with E-state index in [0.29, 0.717) is 22.0 Å². The van der Waals surface area contributed by atoms with Crippen molar-refractivity contribution in [3.05, 3.63) is 84.4 Å². The number of nitrogens with one attached hydrogen (secondary N) is 1. The molecular weight excluding hydrogens is 504 g/mol. The molecule has 1 amide bonds. The number of thioether (sulfide) groups is 1. The van der Waals surface area contributed by atoms with E-state index in [-0.39, 0.29) is 17.4 Å². The highest BCUT2D eigenvalue weighted by Crippen LogP contribution is 2.60. The van der Waals surface area contributed by atoms with Crippen LogP contribution in [0.25, 0.3) is 17.1 Å². The molecule has 2 N–H and O–H groups in total. The lowest BCUT2D eigenvalue weighted by Gasteiger charge is -2.57. The van der Waals surface area contributed by atoms with Gasteiger partial charge in [-0.2, -0.15) is 0 Å². The summed E-state index contributed by atoms with van der Waals surface area (Å²) in [6, 6.07) is 25.5. The van der Waals surface area contributed by atoms with Crippen molar-refractivity contribution in [2.75, 3.05) is 11.1 Å². The first-order chi connectivity index (χ1) is 19.1. The summed E-state index contributed by atoms with van der Waals surface area (Å²) < 4.78 is 1.88. The lowest BCUT2D eigenvalue weighted by Crippen LogP contribution is -2.48. The molecule has 0 spiro atoms. The maximum Gasteiger partial charge on any atom is 0.234 e. The Morgan fingerprint density at radius 1 is 0.872 bits per heavy atom. The zero-order chi connectivity index (χ0) is 26.4. The predicted molar refractivity (Wildman–Crippen MR) is 154 cm³/mol. The number of carbonyl (C=O) groups is 1. The number of phenolic OH excluding ortho intramolecular Hbond substituents is 1. The van der Waals surface area contributed by atoms with Crippen LogP contribution in [0.1, 0.15) is 44.1 Å². The van der Waals surface area contributed by atoms with E-state index in [1.807, 2.05) is 47.0 Å². The van der Waals surface area contributed by atoms with Crippen LogP contribution in [-0.2, 0) is 10.2 Å². The number of anilines is 1. The van der Waals surface area contributed by atoms with Gasteiger partial charge in [0.15, 0.2) is 11.0 Å². The fourth-order valence-corrected chi connectivity index (χ4v) is 8.46. The third-order valence-corrected chi connectivity index (χ3v) is 9.87. The molecule has 1 heterocycles. The Balaban J connectivity index is 1.06. The van der Waals surface area contributed by atoms with E-state index in [2.05, 4.69) is 39.8 Å². The molecule has 7 heteroatoms. The topological polar surface area (TPSA) is 80.0 Å². The monoisotopic (exact) mass is 536 g/mol. The third-order valence-electron chi connectivity index (χ3n) is 8.94. The molecular formula is C32H32N4O2S. The van der Waals surface area contributed by atoms with Gasteiger partial charge >= 0.3 is 0 Å². The van der Waals surface area contributed by atoms with Gasteiger partial charge < -0.3 is 10.4 Å². The molecule has 6 nitrogen and oxygen atoms in total. The first kappa shape index (κ1) is 24.5. The van der Waals surface area contributed by atoms with E-state index in [0.717, 1.165) is 29.1 Å². The maximum absolute atomic E-state index is 12.9. The number of phenols is 1. The van der Waals surface area contributed by atoms with Gasteiger partial charge in [0.05, 0.1) is 11.3 Å². The van der Waals surface area contributed by atoms with Crippen LogP contribution in [0, 0.1) is 17.8 Å². The predicted octanol–water partition coefficient (Wildman–Crippen LogP) is 6.84. The van der Waals surface area contributed by atoms with E-state index in [1.54, 1.807) is 12.1 Å². The van der Waals surface area contributed by atoms with E-state index in [1.165, 1.54) is 55.9 Å². The molecule has 4 aliphatic carbocycles. The number of rotatable bonds is 7. The number of hydrogen-bond acceptors (Lipinski definition) is 5. The molecule has 0 atom stereocenters. The molecule has 4 aromatic rings. The second-order valence-corrected chi connectivity index (χ2v) is 12.5. The molecule has 3 aromatic carbocycles. The van der Waals surface area contributed by atoms with Gasteiger partial charge in [0.25, 0.3) is 0 Å². The van der Waals surface area contributed by atoms with Crippen molar-refractivity contribution in [1.29, 1.82) is 0 Å². The summed E-state index contributed by atoms with van der Waals surface area (Å²) in [4.78, 5) is 12.9. The van der Waals surface area contributed by atoms with Crippen LogP contribution in [0.3, 0.4) is 0 Å². The molecule has 8 rings (SSSR count). The summed E-state index contributed by atoms with van der Waals surface area (Å²) in [5.74, 6) is 3.51. The highest BCUT2D eigenvalue weighted by molar-refractivity contribution is 7.99. The van der Waals surface area contributed by atoms with Crippen molar-refractivity contribution in [1.82, 2.24) is 14.8 Å². The SMILES string of the molecule is O=C(CSc1nnc(-c2ccccc2O)n1-c1ccccc1)Nc1ccc(C23CC4CC(CC(C4)C2)C3)cc1. The quantitative estimate of drug-likeness (QED) is 0.253. The Hall–Kier alpha value is -3.58. The summed E-state index contributed by atoms with van der Waals surface area (Å²) in [6.45, 7) is 0. The minimum Gasteiger partial charge on any atom is -0.507 e. The maximum atomic E-state index is 12.9. The van der Waals surface area contributed by atoms with Crippen molar-refractivity contribution < 1.29 is 9.90 Å². The van der Waals surface area contributed by atoms with Gasteiger partial charge in [-0.15, -0.1) is 10.2 Å².